The molecule has 4 aromatic rings. The molecule has 184 valence electrons. The molecule has 1 aliphatic rings. The second-order valence-corrected chi connectivity index (χ2v) is 9.03. The minimum absolute atomic E-state index is 0.260. The minimum atomic E-state index is -0.260. The Kier molecular flexibility index (Phi) is 6.22. The summed E-state index contributed by atoms with van der Waals surface area (Å²) in [6.45, 7) is 11.3. The number of hydrogen-bond donors (Lipinski definition) is 0. The lowest BCUT2D eigenvalue weighted by atomic mass is 9.99. The van der Waals surface area contributed by atoms with E-state index in [-0.39, 0.29) is 5.82 Å². The Morgan fingerprint density at radius 1 is 1.03 bits per heavy atom. The van der Waals surface area contributed by atoms with E-state index in [1.54, 1.807) is 16.8 Å². The number of halogens is 1. The monoisotopic (exact) mass is 484 g/mol. The topological polar surface area (TPSA) is 77.6 Å². The molecule has 0 bridgehead atoms. The SMILES string of the molecule is C=Cc1c(/C=C\C)nc(C2CN(c3cc(-n4nc(C)nc4Cc4ccc(F)cc4)nc(C)n3)C2)n1C. The molecule has 0 N–H and O–H groups in total. The molecule has 8 nitrogen and oxygen atoms in total. The maximum Gasteiger partial charge on any atom is 0.161 e. The smallest absolute Gasteiger partial charge is 0.161 e. The summed E-state index contributed by atoms with van der Waals surface area (Å²) >= 11 is 0. The van der Waals surface area contributed by atoms with Crippen molar-refractivity contribution in [3.05, 3.63) is 89.1 Å². The minimum Gasteiger partial charge on any atom is -0.355 e. The summed E-state index contributed by atoms with van der Waals surface area (Å²) < 4.78 is 17.2. The second-order valence-electron chi connectivity index (χ2n) is 9.03. The normalized spacial score (nSPS) is 14.0. The molecule has 0 atom stereocenters. The van der Waals surface area contributed by atoms with Gasteiger partial charge in [0.15, 0.2) is 5.82 Å². The highest BCUT2D eigenvalue weighted by Gasteiger charge is 2.33. The summed E-state index contributed by atoms with van der Waals surface area (Å²) in [6, 6.07) is 8.38. The quantitative estimate of drug-likeness (QED) is 0.387. The molecule has 9 heteroatoms. The number of aromatic nitrogens is 7. The molecule has 0 unspecified atom stereocenters. The molecule has 5 rings (SSSR count). The third-order valence-corrected chi connectivity index (χ3v) is 6.37. The van der Waals surface area contributed by atoms with Crippen LogP contribution in [0.4, 0.5) is 10.2 Å². The number of allylic oxidation sites excluding steroid dienone is 1. The Morgan fingerprint density at radius 2 is 1.75 bits per heavy atom. The molecule has 0 radical (unpaired) electrons. The van der Waals surface area contributed by atoms with Gasteiger partial charge in [0.25, 0.3) is 0 Å². The van der Waals surface area contributed by atoms with Crippen molar-refractivity contribution in [2.24, 2.45) is 7.05 Å². The second kappa shape index (κ2) is 9.49. The fraction of sp³-hybridized carbons (Fsp3) is 0.296. The van der Waals surface area contributed by atoms with Crippen molar-refractivity contribution in [2.75, 3.05) is 18.0 Å². The third-order valence-electron chi connectivity index (χ3n) is 6.37. The molecule has 1 saturated heterocycles. The van der Waals surface area contributed by atoms with Crippen molar-refractivity contribution >= 4 is 18.0 Å². The van der Waals surface area contributed by atoms with Crippen LogP contribution in [0.15, 0.2) is 43.0 Å². The van der Waals surface area contributed by atoms with Crippen LogP contribution >= 0.6 is 0 Å². The lowest BCUT2D eigenvalue weighted by Crippen LogP contribution is -2.46. The van der Waals surface area contributed by atoms with Crippen LogP contribution in [0, 0.1) is 19.7 Å². The first kappa shape index (κ1) is 23.6. The van der Waals surface area contributed by atoms with Gasteiger partial charge in [-0.1, -0.05) is 24.8 Å². The van der Waals surface area contributed by atoms with Crippen molar-refractivity contribution in [1.82, 2.24) is 34.3 Å². The molecule has 3 aromatic heterocycles. The number of benzene rings is 1. The van der Waals surface area contributed by atoms with Gasteiger partial charge in [0.1, 0.15) is 34.9 Å². The lowest BCUT2D eigenvalue weighted by molar-refractivity contribution is 0.482. The molecule has 4 heterocycles. The number of nitrogens with zero attached hydrogens (tertiary/aromatic N) is 8. The largest absolute Gasteiger partial charge is 0.355 e. The van der Waals surface area contributed by atoms with Crippen molar-refractivity contribution < 1.29 is 4.39 Å². The highest BCUT2D eigenvalue weighted by molar-refractivity contribution is 5.60. The van der Waals surface area contributed by atoms with E-state index < -0.39 is 0 Å². The van der Waals surface area contributed by atoms with Gasteiger partial charge in [-0.15, -0.1) is 5.10 Å². The molecule has 1 fully saturated rings. The fourth-order valence-corrected chi connectivity index (χ4v) is 4.62. The van der Waals surface area contributed by atoms with E-state index in [2.05, 4.69) is 36.1 Å². The Hall–Kier alpha value is -4.14. The van der Waals surface area contributed by atoms with Crippen molar-refractivity contribution in [3.8, 4) is 5.82 Å². The van der Waals surface area contributed by atoms with Gasteiger partial charge in [-0.2, -0.15) is 4.68 Å². The van der Waals surface area contributed by atoms with E-state index in [1.165, 1.54) is 12.1 Å². The van der Waals surface area contributed by atoms with Gasteiger partial charge >= 0.3 is 0 Å². The summed E-state index contributed by atoms with van der Waals surface area (Å²) in [7, 11) is 2.04. The first-order valence-corrected chi connectivity index (χ1v) is 12.0. The molecular formula is C27H29FN8. The predicted octanol–water partition coefficient (Wildman–Crippen LogP) is 4.42. The van der Waals surface area contributed by atoms with Gasteiger partial charge in [0.2, 0.25) is 0 Å². The summed E-state index contributed by atoms with van der Waals surface area (Å²) in [4.78, 5) is 21.0. The lowest BCUT2D eigenvalue weighted by Gasteiger charge is -2.39. The van der Waals surface area contributed by atoms with Gasteiger partial charge in [0, 0.05) is 32.6 Å². The average molecular weight is 485 g/mol. The van der Waals surface area contributed by atoms with Crippen molar-refractivity contribution in [1.29, 1.82) is 0 Å². The van der Waals surface area contributed by atoms with E-state index in [9.17, 15) is 4.39 Å². The molecule has 1 aromatic carbocycles. The van der Waals surface area contributed by atoms with E-state index in [0.29, 0.717) is 29.8 Å². The van der Waals surface area contributed by atoms with Crippen LogP contribution in [-0.2, 0) is 13.5 Å². The Morgan fingerprint density at radius 3 is 2.44 bits per heavy atom. The van der Waals surface area contributed by atoms with E-state index in [1.807, 2.05) is 52.1 Å². The molecule has 36 heavy (non-hydrogen) atoms. The summed E-state index contributed by atoms with van der Waals surface area (Å²) in [5, 5.41) is 4.59. The highest BCUT2D eigenvalue weighted by Crippen LogP contribution is 2.32. The zero-order valence-corrected chi connectivity index (χ0v) is 21.0. The van der Waals surface area contributed by atoms with E-state index in [4.69, 9.17) is 4.98 Å². The van der Waals surface area contributed by atoms with Gasteiger partial charge in [-0.05, 0) is 50.6 Å². The van der Waals surface area contributed by atoms with E-state index in [0.717, 1.165) is 47.5 Å². The fourth-order valence-electron chi connectivity index (χ4n) is 4.62. The Bertz CT molecular complexity index is 1440. The van der Waals surface area contributed by atoms with Crippen LogP contribution in [0.5, 0.6) is 0 Å². The first-order chi connectivity index (χ1) is 17.4. The highest BCUT2D eigenvalue weighted by atomic mass is 19.1. The molecule has 0 aliphatic carbocycles. The van der Waals surface area contributed by atoms with Gasteiger partial charge in [0.05, 0.1) is 17.3 Å². The molecule has 0 spiro atoms. The zero-order valence-electron chi connectivity index (χ0n) is 21.0. The Balaban J connectivity index is 1.39. The average Bonchev–Trinajstić information content (AvgIpc) is 3.33. The molecular weight excluding hydrogens is 455 g/mol. The molecule has 0 saturated carbocycles. The number of hydrogen-bond acceptors (Lipinski definition) is 6. The van der Waals surface area contributed by atoms with Gasteiger partial charge in [-0.25, -0.2) is 24.3 Å². The van der Waals surface area contributed by atoms with Gasteiger partial charge in [-0.3, -0.25) is 0 Å². The number of anilines is 1. The van der Waals surface area contributed by atoms with E-state index >= 15 is 0 Å². The van der Waals surface area contributed by atoms with Crippen LogP contribution in [0.2, 0.25) is 0 Å². The van der Waals surface area contributed by atoms with Gasteiger partial charge < -0.3 is 9.47 Å². The number of imidazole rings is 1. The van der Waals surface area contributed by atoms with Crippen LogP contribution in [0.3, 0.4) is 0 Å². The molecule has 1 aliphatic heterocycles. The summed E-state index contributed by atoms with van der Waals surface area (Å²) in [6.07, 6.45) is 6.38. The maximum atomic E-state index is 13.3. The van der Waals surface area contributed by atoms with Crippen molar-refractivity contribution in [3.63, 3.8) is 0 Å². The standard InChI is InChI=1S/C27H29FN8/c1-6-8-22-23(7-2)34(5)27(32-22)20-15-35(16-20)24-14-26(30-17(3)29-24)36-25(31-18(4)33-36)13-19-9-11-21(28)12-10-19/h6-12,14,20H,2,13,15-16H2,1,3-5H3/b8-6-. The van der Waals surface area contributed by atoms with Crippen LogP contribution in [0.1, 0.15) is 53.1 Å². The maximum absolute atomic E-state index is 13.3. The number of aryl methyl sites for hydroxylation is 2. The third kappa shape index (κ3) is 4.44. The first-order valence-electron chi connectivity index (χ1n) is 12.0. The Labute approximate surface area is 209 Å². The van der Waals surface area contributed by atoms with Crippen molar-refractivity contribution in [2.45, 2.75) is 33.1 Å². The number of rotatable bonds is 7. The zero-order chi connectivity index (χ0) is 25.4. The van der Waals surface area contributed by atoms with Crippen LogP contribution in [0.25, 0.3) is 18.0 Å². The van der Waals surface area contributed by atoms with Crippen LogP contribution in [-0.4, -0.2) is 47.4 Å². The summed E-state index contributed by atoms with van der Waals surface area (Å²) in [5.41, 5.74) is 2.92. The van der Waals surface area contributed by atoms with Crippen LogP contribution < -0.4 is 4.90 Å². The molecule has 0 amide bonds. The predicted molar refractivity (Wildman–Crippen MR) is 139 cm³/mol. The summed E-state index contributed by atoms with van der Waals surface area (Å²) in [5.74, 6) is 4.66.